The zero-order chi connectivity index (χ0) is 16.2. The van der Waals surface area contributed by atoms with Crippen molar-refractivity contribution < 1.29 is 14.3 Å². The van der Waals surface area contributed by atoms with E-state index in [9.17, 15) is 14.3 Å². The van der Waals surface area contributed by atoms with Crippen LogP contribution in [0.4, 0.5) is 4.39 Å². The van der Waals surface area contributed by atoms with E-state index in [0.717, 1.165) is 24.0 Å². The monoisotopic (exact) mass is 314 g/mol. The summed E-state index contributed by atoms with van der Waals surface area (Å²) in [5.74, 6) is -1.14. The van der Waals surface area contributed by atoms with E-state index in [1.807, 2.05) is 23.1 Å². The van der Waals surface area contributed by atoms with Crippen molar-refractivity contribution in [2.75, 3.05) is 6.54 Å². The third-order valence-corrected chi connectivity index (χ3v) is 4.33. The summed E-state index contributed by atoms with van der Waals surface area (Å²) in [7, 11) is 0. The van der Waals surface area contributed by atoms with Crippen molar-refractivity contribution in [3.63, 3.8) is 0 Å². The number of pyridine rings is 1. The Morgan fingerprint density at radius 2 is 2.09 bits per heavy atom. The number of rotatable bonds is 4. The minimum absolute atomic E-state index is 0.305. The lowest BCUT2D eigenvalue weighted by Crippen LogP contribution is -2.46. The van der Waals surface area contributed by atoms with E-state index in [2.05, 4.69) is 4.98 Å². The van der Waals surface area contributed by atoms with Gasteiger partial charge in [0.2, 0.25) is 0 Å². The Hall–Kier alpha value is -2.27. The van der Waals surface area contributed by atoms with Crippen LogP contribution in [0.2, 0.25) is 0 Å². The number of aliphatic carboxylic acids is 1. The van der Waals surface area contributed by atoms with Crippen LogP contribution >= 0.6 is 0 Å². The summed E-state index contributed by atoms with van der Waals surface area (Å²) in [6.45, 7) is 0.674. The fourth-order valence-electron chi connectivity index (χ4n) is 3.32. The first-order valence-corrected chi connectivity index (χ1v) is 7.81. The first-order chi connectivity index (χ1) is 11.2. The van der Waals surface area contributed by atoms with Gasteiger partial charge in [-0.3, -0.25) is 14.7 Å². The van der Waals surface area contributed by atoms with Gasteiger partial charge in [0.05, 0.1) is 6.04 Å². The number of carbonyl (C=O) groups is 1. The molecule has 1 aliphatic rings. The number of halogens is 1. The fourth-order valence-corrected chi connectivity index (χ4v) is 3.32. The molecule has 3 rings (SSSR count). The molecule has 1 saturated heterocycles. The van der Waals surface area contributed by atoms with Crippen LogP contribution in [-0.2, 0) is 4.79 Å². The smallest absolute Gasteiger partial charge is 0.320 e. The molecular formula is C18H19FN2O2. The quantitative estimate of drug-likeness (QED) is 0.941. The summed E-state index contributed by atoms with van der Waals surface area (Å²) in [5, 5.41) is 9.57. The summed E-state index contributed by atoms with van der Waals surface area (Å²) in [6.07, 6.45) is 5.85. The Labute approximate surface area is 134 Å². The maximum atomic E-state index is 13.7. The van der Waals surface area contributed by atoms with Gasteiger partial charge in [0.25, 0.3) is 0 Å². The maximum Gasteiger partial charge on any atom is 0.320 e. The zero-order valence-corrected chi connectivity index (χ0v) is 12.7. The van der Waals surface area contributed by atoms with E-state index in [-0.39, 0.29) is 11.9 Å². The van der Waals surface area contributed by atoms with E-state index in [0.29, 0.717) is 13.0 Å². The van der Waals surface area contributed by atoms with Crippen molar-refractivity contribution in [3.8, 4) is 0 Å². The number of aromatic nitrogens is 1. The third-order valence-electron chi connectivity index (χ3n) is 4.33. The van der Waals surface area contributed by atoms with Crippen LogP contribution in [0.15, 0.2) is 48.8 Å². The second-order valence-electron chi connectivity index (χ2n) is 5.83. The number of carboxylic acids is 1. The van der Waals surface area contributed by atoms with Gasteiger partial charge < -0.3 is 5.11 Å². The highest BCUT2D eigenvalue weighted by Crippen LogP contribution is 2.34. The molecule has 1 aromatic heterocycles. The van der Waals surface area contributed by atoms with E-state index in [1.54, 1.807) is 18.5 Å². The first-order valence-electron chi connectivity index (χ1n) is 7.81. The molecule has 1 aromatic carbocycles. The highest BCUT2D eigenvalue weighted by atomic mass is 19.1. The lowest BCUT2D eigenvalue weighted by Gasteiger charge is -2.39. The summed E-state index contributed by atoms with van der Waals surface area (Å²) in [5.41, 5.74) is 1.64. The summed E-state index contributed by atoms with van der Waals surface area (Å²) >= 11 is 0. The van der Waals surface area contributed by atoms with Gasteiger partial charge in [-0.25, -0.2) is 4.39 Å². The number of benzene rings is 1. The molecule has 23 heavy (non-hydrogen) atoms. The molecule has 2 heterocycles. The van der Waals surface area contributed by atoms with E-state index < -0.39 is 12.0 Å². The number of carboxylic acid groups (broad SMARTS) is 1. The lowest BCUT2D eigenvalue weighted by atomic mass is 9.92. The van der Waals surface area contributed by atoms with Gasteiger partial charge in [0.15, 0.2) is 0 Å². The maximum absolute atomic E-state index is 13.7. The summed E-state index contributed by atoms with van der Waals surface area (Å²) in [6, 6.07) is 9.25. The van der Waals surface area contributed by atoms with Crippen molar-refractivity contribution in [3.05, 3.63) is 65.7 Å². The molecule has 2 atom stereocenters. The molecule has 0 spiro atoms. The molecule has 0 saturated carbocycles. The van der Waals surface area contributed by atoms with Crippen LogP contribution < -0.4 is 0 Å². The Bertz CT molecular complexity index is 678. The molecule has 120 valence electrons. The summed E-state index contributed by atoms with van der Waals surface area (Å²) in [4.78, 5) is 17.8. The molecule has 1 fully saturated rings. The molecule has 2 unspecified atom stereocenters. The van der Waals surface area contributed by atoms with Gasteiger partial charge in [-0.15, -0.1) is 0 Å². The molecule has 4 nitrogen and oxygen atoms in total. The highest BCUT2D eigenvalue weighted by molar-refractivity contribution is 5.73. The Morgan fingerprint density at radius 3 is 2.78 bits per heavy atom. The predicted octanol–water partition coefficient (Wildman–Crippen LogP) is 3.25. The van der Waals surface area contributed by atoms with Gasteiger partial charge >= 0.3 is 5.97 Å². The largest absolute Gasteiger partial charge is 0.480 e. The van der Waals surface area contributed by atoms with Crippen LogP contribution in [-0.4, -0.2) is 33.5 Å². The van der Waals surface area contributed by atoms with Crippen molar-refractivity contribution in [2.45, 2.75) is 31.3 Å². The molecule has 1 N–H and O–H groups in total. The van der Waals surface area contributed by atoms with Crippen molar-refractivity contribution in [1.29, 1.82) is 0 Å². The average Bonchev–Trinajstić information content (AvgIpc) is 2.56. The molecule has 0 amide bonds. The van der Waals surface area contributed by atoms with Crippen LogP contribution in [0, 0.1) is 5.82 Å². The van der Waals surface area contributed by atoms with Gasteiger partial charge in [0.1, 0.15) is 11.9 Å². The van der Waals surface area contributed by atoms with Crippen LogP contribution in [0.3, 0.4) is 0 Å². The highest BCUT2D eigenvalue weighted by Gasteiger charge is 2.35. The van der Waals surface area contributed by atoms with Gasteiger partial charge in [-0.1, -0.05) is 24.6 Å². The van der Waals surface area contributed by atoms with Crippen molar-refractivity contribution in [1.82, 2.24) is 9.88 Å². The second kappa shape index (κ2) is 6.87. The second-order valence-corrected chi connectivity index (χ2v) is 5.83. The number of likely N-dealkylation sites (tertiary alicyclic amines) is 1. The van der Waals surface area contributed by atoms with Crippen LogP contribution in [0.1, 0.15) is 36.4 Å². The molecule has 0 radical (unpaired) electrons. The number of nitrogens with zero attached hydrogens (tertiary/aromatic N) is 2. The van der Waals surface area contributed by atoms with Gasteiger partial charge in [0, 0.05) is 12.4 Å². The van der Waals surface area contributed by atoms with Crippen LogP contribution in [0.5, 0.6) is 0 Å². The average molecular weight is 314 g/mol. The van der Waals surface area contributed by atoms with Gasteiger partial charge in [-0.2, -0.15) is 0 Å². The van der Waals surface area contributed by atoms with Crippen LogP contribution in [0.25, 0.3) is 0 Å². The Kier molecular flexibility index (Phi) is 4.67. The Morgan fingerprint density at radius 1 is 1.26 bits per heavy atom. The zero-order valence-electron chi connectivity index (χ0n) is 12.7. The fraction of sp³-hybridized carbons (Fsp3) is 0.333. The van der Waals surface area contributed by atoms with E-state index >= 15 is 0 Å². The molecule has 0 aliphatic carbocycles. The summed E-state index contributed by atoms with van der Waals surface area (Å²) < 4.78 is 13.7. The normalized spacial score (nSPS) is 20.1. The van der Waals surface area contributed by atoms with Gasteiger partial charge in [-0.05, 0) is 48.7 Å². The predicted molar refractivity (Wildman–Crippen MR) is 84.5 cm³/mol. The molecule has 0 bridgehead atoms. The standard InChI is InChI=1S/C18H19FN2O2/c19-15-7-3-5-13(11-15)17(14-6-4-9-20-12-14)21-10-2-1-8-16(21)18(22)23/h3-7,9,11-12,16-17H,1-2,8,10H2,(H,22,23). The third kappa shape index (κ3) is 3.40. The lowest BCUT2D eigenvalue weighted by molar-refractivity contribution is -0.145. The minimum Gasteiger partial charge on any atom is -0.480 e. The molecule has 1 aliphatic heterocycles. The molecule has 5 heteroatoms. The Balaban J connectivity index is 2.06. The number of piperidine rings is 1. The molecule has 2 aromatic rings. The SMILES string of the molecule is O=C(O)C1CCCCN1C(c1cccnc1)c1cccc(F)c1. The van der Waals surface area contributed by atoms with Crippen molar-refractivity contribution >= 4 is 5.97 Å². The number of hydrogen-bond acceptors (Lipinski definition) is 3. The van der Waals surface area contributed by atoms with E-state index in [1.165, 1.54) is 12.1 Å². The van der Waals surface area contributed by atoms with Crippen molar-refractivity contribution in [2.24, 2.45) is 0 Å². The number of hydrogen-bond donors (Lipinski definition) is 1. The first kappa shape index (κ1) is 15.6. The van der Waals surface area contributed by atoms with E-state index in [4.69, 9.17) is 0 Å². The minimum atomic E-state index is -0.824. The molecular weight excluding hydrogens is 295 g/mol. The topological polar surface area (TPSA) is 53.4 Å².